The van der Waals surface area contributed by atoms with Crippen molar-refractivity contribution >= 4 is 17.3 Å². The summed E-state index contributed by atoms with van der Waals surface area (Å²) in [5, 5.41) is 11.9. The first kappa shape index (κ1) is 12.1. The van der Waals surface area contributed by atoms with E-state index in [9.17, 15) is 9.90 Å². The summed E-state index contributed by atoms with van der Waals surface area (Å²) in [4.78, 5) is 13.1. The van der Waals surface area contributed by atoms with Crippen LogP contribution in [0, 0.1) is 5.92 Å². The molecule has 3 saturated heterocycles. The molecule has 1 atom stereocenters. The van der Waals surface area contributed by atoms with E-state index in [-0.39, 0.29) is 5.92 Å². The first-order chi connectivity index (χ1) is 9.69. The summed E-state index contributed by atoms with van der Waals surface area (Å²) in [6.45, 7) is 2.79. The van der Waals surface area contributed by atoms with Gasteiger partial charge in [-0.25, -0.2) is 0 Å². The van der Waals surface area contributed by atoms with Gasteiger partial charge in [-0.05, 0) is 56.1 Å². The first-order valence-electron chi connectivity index (χ1n) is 7.13. The molecule has 4 nitrogen and oxygen atoms in total. The van der Waals surface area contributed by atoms with Crippen molar-refractivity contribution in [3.63, 3.8) is 0 Å². The van der Waals surface area contributed by atoms with Crippen molar-refractivity contribution in [2.24, 2.45) is 5.92 Å². The third kappa shape index (κ3) is 1.65. The molecule has 0 aliphatic carbocycles. The van der Waals surface area contributed by atoms with Gasteiger partial charge in [0.05, 0.1) is 0 Å². The number of benzene rings is 1. The first-order valence-corrected chi connectivity index (χ1v) is 7.13. The summed E-state index contributed by atoms with van der Waals surface area (Å²) in [7, 11) is 0. The van der Waals surface area contributed by atoms with Crippen molar-refractivity contribution in [3.8, 4) is 0 Å². The molecule has 3 aliphatic heterocycles. The third-order valence-corrected chi connectivity index (χ3v) is 4.83. The molecule has 3 fully saturated rings. The van der Waals surface area contributed by atoms with Gasteiger partial charge in [0.2, 0.25) is 0 Å². The maximum Gasteiger partial charge on any atom is 0.150 e. The van der Waals surface area contributed by atoms with Gasteiger partial charge in [-0.3, -0.25) is 9.69 Å². The van der Waals surface area contributed by atoms with Gasteiger partial charge in [-0.2, -0.15) is 0 Å². The molecule has 5 rings (SSSR count). The van der Waals surface area contributed by atoms with Crippen molar-refractivity contribution in [2.75, 3.05) is 19.6 Å². The van der Waals surface area contributed by atoms with E-state index < -0.39 is 5.60 Å². The molecule has 2 bridgehead atoms. The molecule has 0 radical (unpaired) electrons. The van der Waals surface area contributed by atoms with E-state index in [4.69, 9.17) is 4.42 Å². The Labute approximate surface area is 117 Å². The maximum absolute atomic E-state index is 11.1. The molecule has 1 aromatic heterocycles. The van der Waals surface area contributed by atoms with E-state index >= 15 is 0 Å². The van der Waals surface area contributed by atoms with E-state index in [2.05, 4.69) is 4.90 Å². The summed E-state index contributed by atoms with van der Waals surface area (Å²) in [5.74, 6) is 0.920. The normalized spacial score (nSPS) is 32.6. The molecule has 0 amide bonds. The Balaban J connectivity index is 1.79. The van der Waals surface area contributed by atoms with Crippen LogP contribution in [0.1, 0.15) is 29.0 Å². The Kier molecular flexibility index (Phi) is 2.53. The highest BCUT2D eigenvalue weighted by molar-refractivity contribution is 5.86. The largest absolute Gasteiger partial charge is 0.458 e. The van der Waals surface area contributed by atoms with E-state index in [1.165, 1.54) is 0 Å². The number of fused-ring (bicyclic) bond motifs is 4. The lowest BCUT2D eigenvalue weighted by Crippen LogP contribution is -2.56. The molecule has 104 valence electrons. The number of aliphatic hydroxyl groups is 1. The molecule has 2 aromatic rings. The van der Waals surface area contributed by atoms with Gasteiger partial charge in [-0.15, -0.1) is 0 Å². The molecule has 0 saturated carbocycles. The number of hydrogen-bond donors (Lipinski definition) is 1. The Hall–Kier alpha value is -1.65. The van der Waals surface area contributed by atoms with Crippen LogP contribution in [0.3, 0.4) is 0 Å². The number of piperidine rings is 3. The Bertz CT molecular complexity index is 669. The molecule has 20 heavy (non-hydrogen) atoms. The van der Waals surface area contributed by atoms with E-state index in [1.807, 2.05) is 6.07 Å². The quantitative estimate of drug-likeness (QED) is 0.850. The zero-order valence-electron chi connectivity index (χ0n) is 11.2. The van der Waals surface area contributed by atoms with Gasteiger partial charge in [0, 0.05) is 17.5 Å². The van der Waals surface area contributed by atoms with E-state index in [0.717, 1.165) is 43.2 Å². The fraction of sp³-hybridized carbons (Fsp3) is 0.438. The summed E-state index contributed by atoms with van der Waals surface area (Å²) in [6, 6.07) is 7.24. The molecule has 1 aromatic carbocycles. The molecular weight excluding hydrogens is 254 g/mol. The van der Waals surface area contributed by atoms with Crippen molar-refractivity contribution in [3.05, 3.63) is 35.6 Å². The van der Waals surface area contributed by atoms with Gasteiger partial charge in [-0.1, -0.05) is 0 Å². The van der Waals surface area contributed by atoms with Crippen LogP contribution in [0.5, 0.6) is 0 Å². The lowest BCUT2D eigenvalue weighted by molar-refractivity contribution is -0.128. The number of furan rings is 1. The van der Waals surface area contributed by atoms with Crippen LogP contribution in [0.2, 0.25) is 0 Å². The highest BCUT2D eigenvalue weighted by Crippen LogP contribution is 2.43. The molecular formula is C16H17NO3. The summed E-state index contributed by atoms with van der Waals surface area (Å²) >= 11 is 0. The zero-order valence-corrected chi connectivity index (χ0v) is 11.2. The van der Waals surface area contributed by atoms with Crippen LogP contribution >= 0.6 is 0 Å². The number of aldehydes is 1. The number of hydrogen-bond acceptors (Lipinski definition) is 4. The fourth-order valence-electron chi connectivity index (χ4n) is 3.67. The minimum absolute atomic E-state index is 0.276. The van der Waals surface area contributed by atoms with Crippen molar-refractivity contribution < 1.29 is 14.3 Å². The predicted octanol–water partition coefficient (Wildman–Crippen LogP) is 2.16. The van der Waals surface area contributed by atoms with E-state index in [0.29, 0.717) is 17.9 Å². The van der Waals surface area contributed by atoms with Gasteiger partial charge < -0.3 is 9.52 Å². The Morgan fingerprint density at radius 1 is 1.30 bits per heavy atom. The smallest absolute Gasteiger partial charge is 0.150 e. The second-order valence-electron chi connectivity index (χ2n) is 6.00. The molecule has 1 N–H and O–H groups in total. The molecule has 4 heteroatoms. The highest BCUT2D eigenvalue weighted by Gasteiger charge is 2.48. The SMILES string of the molecule is O=Cc1ccc2oc(C3(O)CN4CCC3CC4)cc2c1. The zero-order chi connectivity index (χ0) is 13.7. The standard InChI is InChI=1S/C16H17NO3/c18-9-11-1-2-14-12(7-11)8-15(20-14)16(19)10-17-5-3-13(16)4-6-17/h1-2,7-9,13,19H,3-6,10H2. The maximum atomic E-state index is 11.1. The van der Waals surface area contributed by atoms with Crippen molar-refractivity contribution in [1.29, 1.82) is 0 Å². The number of carbonyl (C=O) groups is 1. The Morgan fingerprint density at radius 3 is 2.75 bits per heavy atom. The second-order valence-corrected chi connectivity index (χ2v) is 6.00. The van der Waals surface area contributed by atoms with Crippen LogP contribution < -0.4 is 0 Å². The number of rotatable bonds is 2. The minimum Gasteiger partial charge on any atom is -0.458 e. The fourth-order valence-corrected chi connectivity index (χ4v) is 3.67. The van der Waals surface area contributed by atoms with Crippen LogP contribution in [0.4, 0.5) is 0 Å². The van der Waals surface area contributed by atoms with Crippen LogP contribution in [0.25, 0.3) is 11.0 Å². The monoisotopic (exact) mass is 271 g/mol. The van der Waals surface area contributed by atoms with Gasteiger partial charge in [0.1, 0.15) is 23.2 Å². The molecule has 0 spiro atoms. The predicted molar refractivity (Wildman–Crippen MR) is 74.7 cm³/mol. The average Bonchev–Trinajstić information content (AvgIpc) is 2.92. The highest BCUT2D eigenvalue weighted by atomic mass is 16.4. The molecule has 4 heterocycles. The lowest BCUT2D eigenvalue weighted by atomic mass is 9.74. The third-order valence-electron chi connectivity index (χ3n) is 4.83. The average molecular weight is 271 g/mol. The Morgan fingerprint density at radius 2 is 2.10 bits per heavy atom. The summed E-state index contributed by atoms with van der Waals surface area (Å²) < 4.78 is 5.87. The second kappa shape index (κ2) is 4.17. The lowest BCUT2D eigenvalue weighted by Gasteiger charge is -2.49. The van der Waals surface area contributed by atoms with Crippen LogP contribution in [-0.4, -0.2) is 35.9 Å². The molecule has 3 aliphatic rings. The number of nitrogens with zero attached hydrogens (tertiary/aromatic N) is 1. The topological polar surface area (TPSA) is 53.7 Å². The minimum atomic E-state index is -0.878. The van der Waals surface area contributed by atoms with Gasteiger partial charge in [0.25, 0.3) is 0 Å². The summed E-state index contributed by atoms with van der Waals surface area (Å²) in [6.07, 6.45) is 2.87. The van der Waals surface area contributed by atoms with Gasteiger partial charge >= 0.3 is 0 Å². The number of carbonyl (C=O) groups excluding carboxylic acids is 1. The van der Waals surface area contributed by atoms with Crippen LogP contribution in [0.15, 0.2) is 28.7 Å². The van der Waals surface area contributed by atoms with E-state index in [1.54, 1.807) is 18.2 Å². The van der Waals surface area contributed by atoms with Crippen molar-refractivity contribution in [1.82, 2.24) is 4.90 Å². The van der Waals surface area contributed by atoms with Crippen molar-refractivity contribution in [2.45, 2.75) is 18.4 Å². The summed E-state index contributed by atoms with van der Waals surface area (Å²) in [5.41, 5.74) is 0.484. The van der Waals surface area contributed by atoms with Gasteiger partial charge in [0.15, 0.2) is 0 Å². The van der Waals surface area contributed by atoms with Crippen LogP contribution in [-0.2, 0) is 5.60 Å². The molecule has 1 unspecified atom stereocenters.